The molecule has 0 unspecified atom stereocenters. The van der Waals surface area contributed by atoms with Crippen LogP contribution in [0, 0.1) is 0 Å². The number of β-amino-alcohol motifs (C(OH)–C–C–N with tert-alkyl or cyclic N) is 1. The van der Waals surface area contributed by atoms with E-state index in [0.717, 1.165) is 5.56 Å². The van der Waals surface area contributed by atoms with E-state index in [4.69, 9.17) is 9.47 Å². The fourth-order valence-electron chi connectivity index (χ4n) is 3.34. The van der Waals surface area contributed by atoms with E-state index >= 15 is 0 Å². The van der Waals surface area contributed by atoms with Gasteiger partial charge in [0.25, 0.3) is 5.91 Å². The molecule has 0 aliphatic carbocycles. The molecule has 0 saturated carbocycles. The summed E-state index contributed by atoms with van der Waals surface area (Å²) >= 11 is 0. The van der Waals surface area contributed by atoms with Crippen LogP contribution in [0.25, 0.3) is 11.1 Å². The Morgan fingerprint density at radius 2 is 1.73 bits per heavy atom. The van der Waals surface area contributed by atoms with Gasteiger partial charge >= 0.3 is 11.9 Å². The van der Waals surface area contributed by atoms with Gasteiger partial charge in [0.15, 0.2) is 0 Å². The molecule has 1 heterocycles. The summed E-state index contributed by atoms with van der Waals surface area (Å²) in [4.78, 5) is 38.8. The summed E-state index contributed by atoms with van der Waals surface area (Å²) in [5.74, 6) is -1.61. The van der Waals surface area contributed by atoms with Crippen molar-refractivity contribution in [2.75, 3.05) is 39.2 Å². The lowest BCUT2D eigenvalue weighted by Gasteiger charge is -2.18. The average Bonchev–Trinajstić information content (AvgIpc) is 3.08. The Balaban J connectivity index is 2.12. The molecule has 2 aromatic rings. The Morgan fingerprint density at radius 3 is 2.37 bits per heavy atom. The number of carbonyl (C=O) groups excluding carboxylic acids is 3. The molecule has 0 bridgehead atoms. The fourth-order valence-corrected chi connectivity index (χ4v) is 3.34. The van der Waals surface area contributed by atoms with Gasteiger partial charge in [-0.3, -0.25) is 4.79 Å². The summed E-state index contributed by atoms with van der Waals surface area (Å²) < 4.78 is 9.73. The molecule has 156 valence electrons. The number of carbonyl (C=O) groups is 3. The SMILES string of the molecule is COC(=O)C1=C(Nc2cccc(C(=O)OC)c2-c2ccccc2)C(=O)N(CCO)C1. The number of ether oxygens (including phenoxy) is 2. The van der Waals surface area contributed by atoms with Gasteiger partial charge in [-0.25, -0.2) is 9.59 Å². The first kappa shape index (κ1) is 21.1. The van der Waals surface area contributed by atoms with Gasteiger partial charge in [0.05, 0.1) is 38.5 Å². The number of anilines is 1. The summed E-state index contributed by atoms with van der Waals surface area (Å²) in [7, 11) is 2.53. The van der Waals surface area contributed by atoms with Crippen LogP contribution in [0.5, 0.6) is 0 Å². The van der Waals surface area contributed by atoms with Gasteiger partial charge in [0, 0.05) is 17.8 Å². The number of rotatable bonds is 7. The van der Waals surface area contributed by atoms with Crippen LogP contribution < -0.4 is 5.32 Å². The Hall–Kier alpha value is -3.65. The van der Waals surface area contributed by atoms with Crippen molar-refractivity contribution in [3.63, 3.8) is 0 Å². The topological polar surface area (TPSA) is 105 Å². The summed E-state index contributed by atoms with van der Waals surface area (Å²) in [5.41, 5.74) is 2.24. The molecule has 0 saturated heterocycles. The molecule has 30 heavy (non-hydrogen) atoms. The second-order valence-electron chi connectivity index (χ2n) is 6.51. The van der Waals surface area contributed by atoms with Gasteiger partial charge in [0.1, 0.15) is 5.70 Å². The Kier molecular flexibility index (Phi) is 6.48. The van der Waals surface area contributed by atoms with Gasteiger partial charge in [-0.15, -0.1) is 0 Å². The van der Waals surface area contributed by atoms with E-state index < -0.39 is 17.8 Å². The first-order valence-corrected chi connectivity index (χ1v) is 9.27. The molecule has 0 aromatic heterocycles. The minimum atomic E-state index is -0.642. The smallest absolute Gasteiger partial charge is 0.338 e. The average molecular weight is 410 g/mol. The van der Waals surface area contributed by atoms with Gasteiger partial charge in [-0.1, -0.05) is 36.4 Å². The molecule has 2 N–H and O–H groups in total. The van der Waals surface area contributed by atoms with Gasteiger partial charge in [-0.2, -0.15) is 0 Å². The highest BCUT2D eigenvalue weighted by molar-refractivity contribution is 6.10. The van der Waals surface area contributed by atoms with Crippen molar-refractivity contribution in [2.45, 2.75) is 0 Å². The zero-order valence-corrected chi connectivity index (χ0v) is 16.7. The second kappa shape index (κ2) is 9.23. The zero-order valence-electron chi connectivity index (χ0n) is 16.7. The molecule has 1 aliphatic rings. The van der Waals surface area contributed by atoms with Crippen LogP contribution in [-0.4, -0.2) is 61.8 Å². The third-order valence-corrected chi connectivity index (χ3v) is 4.75. The molecule has 2 aromatic carbocycles. The summed E-state index contributed by atoms with van der Waals surface area (Å²) in [6, 6.07) is 14.2. The maximum Gasteiger partial charge on any atom is 0.338 e. The van der Waals surface area contributed by atoms with Crippen LogP contribution in [0.1, 0.15) is 10.4 Å². The quantitative estimate of drug-likeness (QED) is 0.671. The molecule has 0 fully saturated rings. The molecule has 1 aliphatic heterocycles. The van der Waals surface area contributed by atoms with E-state index in [9.17, 15) is 19.5 Å². The van der Waals surface area contributed by atoms with Crippen LogP contribution >= 0.6 is 0 Å². The van der Waals surface area contributed by atoms with E-state index in [1.807, 2.05) is 30.3 Å². The van der Waals surface area contributed by atoms with Gasteiger partial charge in [0.2, 0.25) is 0 Å². The number of nitrogens with zero attached hydrogens (tertiary/aromatic N) is 1. The molecule has 3 rings (SSSR count). The first-order chi connectivity index (χ1) is 14.5. The fraction of sp³-hybridized carbons (Fsp3) is 0.227. The van der Waals surface area contributed by atoms with Gasteiger partial charge < -0.3 is 24.8 Å². The highest BCUT2D eigenvalue weighted by atomic mass is 16.5. The Bertz CT molecular complexity index is 1000. The number of benzene rings is 2. The van der Waals surface area contributed by atoms with Crippen molar-refractivity contribution < 1.29 is 29.0 Å². The maximum absolute atomic E-state index is 12.8. The number of hydrogen-bond donors (Lipinski definition) is 2. The highest BCUT2D eigenvalue weighted by Gasteiger charge is 2.35. The summed E-state index contributed by atoms with van der Waals surface area (Å²) in [6.45, 7) is -0.134. The minimum absolute atomic E-state index is 0.0196. The van der Waals surface area contributed by atoms with Crippen molar-refractivity contribution in [3.05, 3.63) is 65.4 Å². The zero-order chi connectivity index (χ0) is 21.7. The number of methoxy groups -OCH3 is 2. The second-order valence-corrected chi connectivity index (χ2v) is 6.51. The van der Waals surface area contributed by atoms with Crippen molar-refractivity contribution in [1.82, 2.24) is 4.90 Å². The van der Waals surface area contributed by atoms with Crippen molar-refractivity contribution >= 4 is 23.5 Å². The normalized spacial score (nSPS) is 13.4. The molecule has 0 atom stereocenters. The molecular weight excluding hydrogens is 388 g/mol. The van der Waals surface area contributed by atoms with E-state index in [-0.39, 0.29) is 31.0 Å². The molecule has 1 amide bonds. The van der Waals surface area contributed by atoms with E-state index in [1.165, 1.54) is 19.1 Å². The van der Waals surface area contributed by atoms with E-state index in [2.05, 4.69) is 5.32 Å². The van der Waals surface area contributed by atoms with E-state index in [0.29, 0.717) is 16.8 Å². The molecule has 0 spiro atoms. The number of aliphatic hydroxyl groups is 1. The third-order valence-electron chi connectivity index (χ3n) is 4.75. The van der Waals surface area contributed by atoms with Gasteiger partial charge in [-0.05, 0) is 17.7 Å². The lowest BCUT2D eigenvalue weighted by atomic mass is 9.97. The molecule has 0 radical (unpaired) electrons. The highest BCUT2D eigenvalue weighted by Crippen LogP contribution is 2.34. The van der Waals surface area contributed by atoms with Crippen molar-refractivity contribution in [1.29, 1.82) is 0 Å². The van der Waals surface area contributed by atoms with Crippen molar-refractivity contribution in [3.8, 4) is 11.1 Å². The molecule has 8 nitrogen and oxygen atoms in total. The van der Waals surface area contributed by atoms with E-state index in [1.54, 1.807) is 18.2 Å². The Morgan fingerprint density at radius 1 is 1.03 bits per heavy atom. The molecule has 8 heteroatoms. The monoisotopic (exact) mass is 410 g/mol. The summed E-state index contributed by atoms with van der Waals surface area (Å²) in [5, 5.41) is 12.2. The Labute approximate surface area is 173 Å². The van der Waals surface area contributed by atoms with Crippen molar-refractivity contribution in [2.24, 2.45) is 0 Å². The van der Waals surface area contributed by atoms with Crippen LogP contribution in [-0.2, 0) is 19.1 Å². The van der Waals surface area contributed by atoms with Crippen LogP contribution in [0.3, 0.4) is 0 Å². The third kappa shape index (κ3) is 4.04. The van der Waals surface area contributed by atoms with Crippen LogP contribution in [0.15, 0.2) is 59.8 Å². The number of esters is 2. The number of aliphatic hydroxyl groups excluding tert-OH is 1. The lowest BCUT2D eigenvalue weighted by Crippen LogP contribution is -2.31. The number of amides is 1. The number of nitrogens with one attached hydrogen (secondary N) is 1. The van der Waals surface area contributed by atoms with Crippen LogP contribution in [0.4, 0.5) is 5.69 Å². The maximum atomic E-state index is 12.8. The van der Waals surface area contributed by atoms with Crippen LogP contribution in [0.2, 0.25) is 0 Å². The predicted molar refractivity (Wildman–Crippen MR) is 110 cm³/mol. The largest absolute Gasteiger partial charge is 0.466 e. The first-order valence-electron chi connectivity index (χ1n) is 9.27. The summed E-state index contributed by atoms with van der Waals surface area (Å²) in [6.07, 6.45) is 0. The predicted octanol–water partition coefficient (Wildman–Crippen LogP) is 1.81. The lowest BCUT2D eigenvalue weighted by molar-refractivity contribution is -0.136. The number of hydrogen-bond acceptors (Lipinski definition) is 7. The minimum Gasteiger partial charge on any atom is -0.466 e. The standard InChI is InChI=1S/C22H22N2O6/c1-29-21(27)15-9-6-10-17(18(15)14-7-4-3-5-8-14)23-19-16(22(28)30-2)13-24(11-12-25)20(19)26/h3-10,23,25H,11-13H2,1-2H3. The molecular formula is C22H22N2O6.